The summed E-state index contributed by atoms with van der Waals surface area (Å²) in [4.78, 5) is 0. The molecule has 0 aliphatic heterocycles. The highest BCUT2D eigenvalue weighted by molar-refractivity contribution is 6.13. The van der Waals surface area contributed by atoms with Crippen molar-refractivity contribution in [3.05, 3.63) is 166 Å². The number of benzene rings is 5. The maximum Gasteiger partial charge on any atom is 0.0731 e. The number of hydrogen-bond acceptors (Lipinski definition) is 0. The van der Waals surface area contributed by atoms with Crippen LogP contribution in [-0.2, 0) is 5.41 Å². The van der Waals surface area contributed by atoms with E-state index in [4.69, 9.17) is 0 Å². The van der Waals surface area contributed by atoms with Gasteiger partial charge in [0.05, 0.1) is 5.41 Å². The summed E-state index contributed by atoms with van der Waals surface area (Å²) in [7, 11) is 0. The first-order chi connectivity index (χ1) is 16.8. The Morgan fingerprint density at radius 1 is 0.441 bits per heavy atom. The molecule has 1 spiro atoms. The Balaban J connectivity index is 1.74. The first-order valence-corrected chi connectivity index (χ1v) is 12.0. The summed E-state index contributed by atoms with van der Waals surface area (Å²) < 4.78 is 0. The van der Waals surface area contributed by atoms with Crippen molar-refractivity contribution in [1.29, 1.82) is 0 Å². The lowest BCUT2D eigenvalue weighted by Gasteiger charge is -2.33. The van der Waals surface area contributed by atoms with Crippen molar-refractivity contribution in [2.75, 3.05) is 0 Å². The normalized spacial score (nSPS) is 14.7. The minimum atomic E-state index is -0.344. The van der Waals surface area contributed by atoms with Crippen LogP contribution in [0.3, 0.4) is 0 Å². The predicted molar refractivity (Wildman–Crippen MR) is 142 cm³/mol. The van der Waals surface area contributed by atoms with Gasteiger partial charge in [-0.2, -0.15) is 0 Å². The molecule has 0 N–H and O–H groups in total. The highest BCUT2D eigenvalue weighted by Gasteiger charge is 2.53. The van der Waals surface area contributed by atoms with Gasteiger partial charge in [-0.3, -0.25) is 0 Å². The van der Waals surface area contributed by atoms with Crippen LogP contribution in [0.4, 0.5) is 0 Å². The summed E-state index contributed by atoms with van der Waals surface area (Å²) in [5, 5.41) is 0. The van der Waals surface area contributed by atoms with Crippen LogP contribution in [-0.4, -0.2) is 0 Å². The van der Waals surface area contributed by atoms with Gasteiger partial charge in [0.25, 0.3) is 0 Å². The zero-order valence-electron chi connectivity index (χ0n) is 19.1. The molecule has 7 rings (SSSR count). The van der Waals surface area contributed by atoms with Crippen LogP contribution in [0.15, 0.2) is 127 Å². The third-order valence-corrected chi connectivity index (χ3v) is 7.55. The van der Waals surface area contributed by atoms with Crippen LogP contribution < -0.4 is 0 Å². The van der Waals surface area contributed by atoms with Gasteiger partial charge in [0.1, 0.15) is 0 Å². The number of rotatable bonds is 2. The average Bonchev–Trinajstić information content (AvgIpc) is 3.36. The Hall–Kier alpha value is -4.16. The van der Waals surface area contributed by atoms with Crippen molar-refractivity contribution in [1.82, 2.24) is 0 Å². The molecule has 0 heterocycles. The van der Waals surface area contributed by atoms with Gasteiger partial charge < -0.3 is 0 Å². The first kappa shape index (κ1) is 19.3. The molecule has 0 saturated carbocycles. The molecule has 0 atom stereocenters. The second kappa shape index (κ2) is 7.17. The third kappa shape index (κ3) is 2.43. The van der Waals surface area contributed by atoms with Crippen LogP contribution >= 0.6 is 0 Å². The van der Waals surface area contributed by atoms with Gasteiger partial charge in [-0.15, -0.1) is 0 Å². The Labute approximate surface area is 200 Å². The molecule has 5 aromatic rings. The zero-order chi connectivity index (χ0) is 22.7. The minimum Gasteiger partial charge on any atom is -0.0622 e. The Kier molecular flexibility index (Phi) is 4.07. The second-order valence-electron chi connectivity index (χ2n) is 9.37. The fraction of sp³-hybridized carbons (Fsp3) is 0.0588. The lowest BCUT2D eigenvalue weighted by atomic mass is 9.67. The summed E-state index contributed by atoms with van der Waals surface area (Å²) in [6, 6.07) is 47.0. The molecule has 5 aromatic carbocycles. The van der Waals surface area contributed by atoms with Gasteiger partial charge in [-0.25, -0.2) is 0 Å². The molecule has 160 valence electrons. The summed E-state index contributed by atoms with van der Waals surface area (Å²) in [6.07, 6.45) is 0. The van der Waals surface area contributed by atoms with E-state index in [1.807, 2.05) is 0 Å². The summed E-state index contributed by atoms with van der Waals surface area (Å²) >= 11 is 0. The maximum absolute atomic E-state index is 2.39. The standard InChI is InChI=1S/C34H24/c1-23-20-21-31-28(22-23)32(24-12-4-2-5-13-24)33(25-14-6-3-7-15-25)34(31)29-18-10-8-16-26(29)27-17-9-11-19-30(27)34/h2-22H,1H3. The van der Waals surface area contributed by atoms with Gasteiger partial charge in [0.15, 0.2) is 0 Å². The Morgan fingerprint density at radius 3 is 1.56 bits per heavy atom. The number of fused-ring (bicyclic) bond motifs is 7. The molecule has 0 nitrogen and oxygen atoms in total. The van der Waals surface area contributed by atoms with Gasteiger partial charge in [0, 0.05) is 0 Å². The van der Waals surface area contributed by atoms with Crippen LogP contribution in [0.5, 0.6) is 0 Å². The molecule has 2 aliphatic rings. The molecule has 0 bridgehead atoms. The average molecular weight is 433 g/mol. The quantitative estimate of drug-likeness (QED) is 0.263. The highest BCUT2D eigenvalue weighted by atomic mass is 14.5. The van der Waals surface area contributed by atoms with E-state index in [0.29, 0.717) is 0 Å². The minimum absolute atomic E-state index is 0.344. The zero-order valence-corrected chi connectivity index (χ0v) is 19.1. The van der Waals surface area contributed by atoms with Crippen molar-refractivity contribution in [3.8, 4) is 11.1 Å². The predicted octanol–water partition coefficient (Wildman–Crippen LogP) is 8.28. The number of aryl methyl sites for hydroxylation is 1. The molecule has 0 saturated heterocycles. The molecule has 0 unspecified atom stereocenters. The van der Waals surface area contributed by atoms with Crippen molar-refractivity contribution in [2.45, 2.75) is 12.3 Å². The van der Waals surface area contributed by atoms with Crippen LogP contribution in [0.2, 0.25) is 0 Å². The van der Waals surface area contributed by atoms with Crippen LogP contribution in [0.25, 0.3) is 22.3 Å². The lowest BCUT2D eigenvalue weighted by Crippen LogP contribution is -2.26. The fourth-order valence-electron chi connectivity index (χ4n) is 6.31. The smallest absolute Gasteiger partial charge is 0.0622 e. The lowest BCUT2D eigenvalue weighted by molar-refractivity contribution is 0.841. The van der Waals surface area contributed by atoms with E-state index >= 15 is 0 Å². The molecule has 2 aliphatic carbocycles. The van der Waals surface area contributed by atoms with Crippen LogP contribution in [0.1, 0.15) is 38.9 Å². The summed E-state index contributed by atoms with van der Waals surface area (Å²) in [5.41, 5.74) is 14.4. The molecule has 0 fully saturated rings. The fourth-order valence-corrected chi connectivity index (χ4v) is 6.31. The largest absolute Gasteiger partial charge is 0.0731 e. The van der Waals surface area contributed by atoms with Crippen molar-refractivity contribution < 1.29 is 0 Å². The monoisotopic (exact) mass is 432 g/mol. The van der Waals surface area contributed by atoms with Gasteiger partial charge in [-0.05, 0) is 62.6 Å². The van der Waals surface area contributed by atoms with E-state index in [0.717, 1.165) is 0 Å². The molecular weight excluding hydrogens is 408 g/mol. The Bertz CT molecular complexity index is 1540. The van der Waals surface area contributed by atoms with Gasteiger partial charge in [-0.1, -0.05) is 133 Å². The molecule has 0 amide bonds. The second-order valence-corrected chi connectivity index (χ2v) is 9.37. The van der Waals surface area contributed by atoms with E-state index in [9.17, 15) is 0 Å². The summed E-state index contributed by atoms with van der Waals surface area (Å²) in [5.74, 6) is 0. The summed E-state index contributed by atoms with van der Waals surface area (Å²) in [6.45, 7) is 2.20. The van der Waals surface area contributed by atoms with Crippen molar-refractivity contribution in [2.24, 2.45) is 0 Å². The van der Waals surface area contributed by atoms with E-state index in [1.165, 1.54) is 61.2 Å². The first-order valence-electron chi connectivity index (χ1n) is 12.0. The highest BCUT2D eigenvalue weighted by Crippen LogP contribution is 2.65. The van der Waals surface area contributed by atoms with Gasteiger partial charge in [0.2, 0.25) is 0 Å². The maximum atomic E-state index is 2.39. The van der Waals surface area contributed by atoms with Crippen molar-refractivity contribution >= 4 is 11.1 Å². The van der Waals surface area contributed by atoms with E-state index in [2.05, 4.69) is 134 Å². The van der Waals surface area contributed by atoms with Crippen molar-refractivity contribution in [3.63, 3.8) is 0 Å². The molecular formula is C34H24. The van der Waals surface area contributed by atoms with E-state index in [-0.39, 0.29) is 5.41 Å². The third-order valence-electron chi connectivity index (χ3n) is 7.55. The molecule has 34 heavy (non-hydrogen) atoms. The molecule has 0 heteroatoms. The SMILES string of the molecule is Cc1ccc2c(c1)C(c1ccccc1)=C(c1ccccc1)C21c2ccccc2-c2ccccc21. The van der Waals surface area contributed by atoms with E-state index < -0.39 is 0 Å². The van der Waals surface area contributed by atoms with Gasteiger partial charge >= 0.3 is 0 Å². The topological polar surface area (TPSA) is 0 Å². The van der Waals surface area contributed by atoms with E-state index in [1.54, 1.807) is 0 Å². The Morgan fingerprint density at radius 2 is 0.941 bits per heavy atom. The number of hydrogen-bond donors (Lipinski definition) is 0. The van der Waals surface area contributed by atoms with Crippen LogP contribution in [0, 0.1) is 6.92 Å². The molecule has 0 radical (unpaired) electrons. The molecule has 0 aromatic heterocycles. The number of allylic oxidation sites excluding steroid dienone is 1.